The highest BCUT2D eigenvalue weighted by atomic mass is 16.5. The number of carbonyl (C=O) groups excluding carboxylic acids is 4. The number of ether oxygens (including phenoxy) is 1. The Kier molecular flexibility index (Phi) is 10.1. The van der Waals surface area contributed by atoms with Gasteiger partial charge in [0, 0.05) is 49.4 Å². The van der Waals surface area contributed by atoms with Gasteiger partial charge in [-0.2, -0.15) is 5.10 Å². The van der Waals surface area contributed by atoms with Gasteiger partial charge in [0.25, 0.3) is 11.8 Å². The van der Waals surface area contributed by atoms with Gasteiger partial charge in [0.05, 0.1) is 12.8 Å². The summed E-state index contributed by atoms with van der Waals surface area (Å²) in [5.74, 6) is -0.633. The van der Waals surface area contributed by atoms with Gasteiger partial charge in [-0.25, -0.2) is 4.68 Å². The van der Waals surface area contributed by atoms with Gasteiger partial charge in [0.1, 0.15) is 11.4 Å². The first-order chi connectivity index (χ1) is 20.4. The Morgan fingerprint density at radius 3 is 2.14 bits per heavy atom. The quantitative estimate of drug-likeness (QED) is 0.422. The summed E-state index contributed by atoms with van der Waals surface area (Å²) in [5.41, 5.74) is 2.87. The molecule has 3 heterocycles. The summed E-state index contributed by atoms with van der Waals surface area (Å²) in [4.78, 5) is 55.1. The van der Waals surface area contributed by atoms with E-state index in [-0.39, 0.29) is 29.6 Å². The second kappa shape index (κ2) is 13.9. The van der Waals surface area contributed by atoms with Gasteiger partial charge >= 0.3 is 0 Å². The van der Waals surface area contributed by atoms with E-state index >= 15 is 0 Å². The number of imide groups is 1. The van der Waals surface area contributed by atoms with Crippen LogP contribution in [-0.2, 0) is 16.0 Å². The molecule has 0 bridgehead atoms. The lowest BCUT2D eigenvalue weighted by atomic mass is 10.0. The SMILES string of the molecule is CC.CNCCC(=O)NC(=O)c1nn(-c2ccc(OC)cc2)c2c1CCN(c1ccc(N3CCCCC3=O)cc1)C2=O. The van der Waals surface area contributed by atoms with Crippen molar-refractivity contribution in [3.63, 3.8) is 0 Å². The van der Waals surface area contributed by atoms with E-state index in [1.807, 2.05) is 38.1 Å². The number of benzene rings is 2. The zero-order valence-corrected chi connectivity index (χ0v) is 24.6. The van der Waals surface area contributed by atoms with Crippen LogP contribution in [0.5, 0.6) is 5.75 Å². The van der Waals surface area contributed by atoms with E-state index in [4.69, 9.17) is 4.74 Å². The van der Waals surface area contributed by atoms with E-state index in [1.54, 1.807) is 48.2 Å². The molecule has 3 aromatic rings. The van der Waals surface area contributed by atoms with Crippen molar-refractivity contribution in [2.24, 2.45) is 0 Å². The van der Waals surface area contributed by atoms with Gasteiger partial charge in [-0.1, -0.05) is 13.8 Å². The third kappa shape index (κ3) is 6.36. The molecule has 11 heteroatoms. The molecule has 0 radical (unpaired) electrons. The Hall–Kier alpha value is -4.51. The monoisotopic (exact) mass is 574 g/mol. The first kappa shape index (κ1) is 30.4. The molecule has 0 saturated carbocycles. The number of methoxy groups -OCH3 is 1. The number of hydrogen-bond donors (Lipinski definition) is 2. The number of piperidine rings is 1. The second-order valence-corrected chi connectivity index (χ2v) is 9.74. The number of hydrogen-bond acceptors (Lipinski definition) is 7. The first-order valence-electron chi connectivity index (χ1n) is 14.4. The maximum Gasteiger partial charge on any atom is 0.278 e. The topological polar surface area (TPSA) is 126 Å². The molecule has 2 aromatic carbocycles. The van der Waals surface area contributed by atoms with Crippen molar-refractivity contribution in [1.82, 2.24) is 20.4 Å². The van der Waals surface area contributed by atoms with E-state index in [0.29, 0.717) is 55.2 Å². The molecule has 2 N–H and O–H groups in total. The van der Waals surface area contributed by atoms with Crippen molar-refractivity contribution in [3.8, 4) is 11.4 Å². The average molecular weight is 575 g/mol. The maximum atomic E-state index is 13.9. The molecule has 0 aliphatic carbocycles. The molecule has 5 rings (SSSR count). The molecule has 11 nitrogen and oxygen atoms in total. The lowest BCUT2D eigenvalue weighted by Gasteiger charge is -2.29. The van der Waals surface area contributed by atoms with Crippen LogP contribution >= 0.6 is 0 Å². The van der Waals surface area contributed by atoms with Gasteiger partial charge in [0.15, 0.2) is 5.69 Å². The van der Waals surface area contributed by atoms with Gasteiger partial charge in [-0.05, 0) is 74.8 Å². The minimum Gasteiger partial charge on any atom is -0.497 e. The number of fused-ring (bicyclic) bond motifs is 1. The van der Waals surface area contributed by atoms with Crippen molar-refractivity contribution < 1.29 is 23.9 Å². The van der Waals surface area contributed by atoms with Crippen LogP contribution in [0.3, 0.4) is 0 Å². The summed E-state index contributed by atoms with van der Waals surface area (Å²) in [6.07, 6.45) is 2.92. The number of rotatable bonds is 8. The normalized spacial score (nSPS) is 14.6. The van der Waals surface area contributed by atoms with Crippen molar-refractivity contribution in [2.75, 3.05) is 43.6 Å². The van der Waals surface area contributed by atoms with Gasteiger partial charge < -0.3 is 19.9 Å². The Balaban J connectivity index is 0.00000198. The molecule has 1 saturated heterocycles. The second-order valence-electron chi connectivity index (χ2n) is 9.74. The summed E-state index contributed by atoms with van der Waals surface area (Å²) in [5, 5.41) is 9.78. The molecule has 42 heavy (non-hydrogen) atoms. The highest BCUT2D eigenvalue weighted by molar-refractivity contribution is 6.11. The zero-order valence-electron chi connectivity index (χ0n) is 24.6. The summed E-state index contributed by atoms with van der Waals surface area (Å²) in [7, 11) is 3.28. The number of carbonyl (C=O) groups is 4. The Labute approximate surface area is 245 Å². The summed E-state index contributed by atoms with van der Waals surface area (Å²) < 4.78 is 6.71. The summed E-state index contributed by atoms with van der Waals surface area (Å²) in [6, 6.07) is 14.4. The molecule has 2 aliphatic heterocycles. The number of nitrogens with zero attached hydrogens (tertiary/aromatic N) is 4. The van der Waals surface area contributed by atoms with Crippen LogP contribution in [0.15, 0.2) is 48.5 Å². The van der Waals surface area contributed by atoms with Crippen LogP contribution < -0.4 is 25.2 Å². The van der Waals surface area contributed by atoms with Gasteiger partial charge in [-0.3, -0.25) is 24.5 Å². The summed E-state index contributed by atoms with van der Waals surface area (Å²) in [6.45, 7) is 5.44. The highest BCUT2D eigenvalue weighted by Gasteiger charge is 2.35. The fourth-order valence-electron chi connectivity index (χ4n) is 5.08. The molecule has 222 valence electrons. The van der Waals surface area contributed by atoms with Crippen LogP contribution in [0.1, 0.15) is 66.1 Å². The van der Waals surface area contributed by atoms with E-state index < -0.39 is 11.8 Å². The lowest BCUT2D eigenvalue weighted by Crippen LogP contribution is -2.39. The first-order valence-corrected chi connectivity index (χ1v) is 14.4. The molecule has 2 aliphatic rings. The molecule has 0 spiro atoms. The smallest absolute Gasteiger partial charge is 0.278 e. The fraction of sp³-hybridized carbons (Fsp3) is 0.387. The molecule has 4 amide bonds. The van der Waals surface area contributed by atoms with Crippen molar-refractivity contribution in [1.29, 1.82) is 0 Å². The predicted octanol–water partition coefficient (Wildman–Crippen LogP) is 3.49. The Morgan fingerprint density at radius 2 is 1.52 bits per heavy atom. The van der Waals surface area contributed by atoms with Crippen LogP contribution in [-0.4, -0.2) is 67.2 Å². The molecule has 0 atom stereocenters. The Bertz CT molecular complexity index is 1430. The van der Waals surface area contributed by atoms with E-state index in [2.05, 4.69) is 15.7 Å². The van der Waals surface area contributed by atoms with Crippen LogP contribution in [0.2, 0.25) is 0 Å². The summed E-state index contributed by atoms with van der Waals surface area (Å²) >= 11 is 0. The number of anilines is 2. The molecule has 1 fully saturated rings. The molecular formula is C31H38N6O5. The largest absolute Gasteiger partial charge is 0.497 e. The van der Waals surface area contributed by atoms with Gasteiger partial charge in [0.2, 0.25) is 11.8 Å². The lowest BCUT2D eigenvalue weighted by molar-refractivity contribution is -0.120. The number of nitrogens with one attached hydrogen (secondary N) is 2. The van der Waals surface area contributed by atoms with Gasteiger partial charge in [-0.15, -0.1) is 0 Å². The molecule has 1 aromatic heterocycles. The molecule has 0 unspecified atom stereocenters. The van der Waals surface area contributed by atoms with Crippen molar-refractivity contribution in [2.45, 2.75) is 46.0 Å². The van der Waals surface area contributed by atoms with Crippen LogP contribution in [0.4, 0.5) is 11.4 Å². The maximum absolute atomic E-state index is 13.9. The third-order valence-electron chi connectivity index (χ3n) is 7.20. The van der Waals surface area contributed by atoms with Crippen LogP contribution in [0, 0.1) is 0 Å². The standard InChI is InChI=1S/C29H32N6O5.C2H6/c1-30-16-14-24(36)31-28(38)26-23-15-18-34(20-8-6-19(7-9-20)33-17-4-3-5-25(33)37)29(39)27(23)35(32-26)21-10-12-22(40-2)13-11-21;1-2/h6-13,30H,3-5,14-18H2,1-2H3,(H,31,36,38);1-2H3. The minimum atomic E-state index is -0.638. The number of aromatic nitrogens is 2. The van der Waals surface area contributed by atoms with Crippen molar-refractivity contribution >= 4 is 35.0 Å². The average Bonchev–Trinajstić information content (AvgIpc) is 3.42. The fourth-order valence-corrected chi connectivity index (χ4v) is 5.08. The van der Waals surface area contributed by atoms with Crippen molar-refractivity contribution in [3.05, 3.63) is 65.5 Å². The third-order valence-corrected chi connectivity index (χ3v) is 7.20. The minimum absolute atomic E-state index is 0.0515. The number of amides is 4. The van der Waals surface area contributed by atoms with E-state index in [1.165, 1.54) is 4.68 Å². The molecular weight excluding hydrogens is 536 g/mol. The highest BCUT2D eigenvalue weighted by Crippen LogP contribution is 2.31. The van der Waals surface area contributed by atoms with E-state index in [0.717, 1.165) is 18.5 Å². The van der Waals surface area contributed by atoms with E-state index in [9.17, 15) is 19.2 Å². The predicted molar refractivity (Wildman–Crippen MR) is 161 cm³/mol. The zero-order chi connectivity index (χ0) is 30.2. The van der Waals surface area contributed by atoms with Crippen LogP contribution in [0.25, 0.3) is 5.69 Å². The Morgan fingerprint density at radius 1 is 0.881 bits per heavy atom.